The standard InChI is InChI=1S/C22H22N2O3S/c1-3-17(21(26)27-4-2)24-18-12-8-9-13-19(18)28-22(24)23-20(25)15-14-16-10-6-5-7-11-16/h5-15,17H,3-4H2,1-2H3/b15-14+,23-22?. The summed E-state index contributed by atoms with van der Waals surface area (Å²) in [6, 6.07) is 16.8. The van der Waals surface area contributed by atoms with E-state index in [2.05, 4.69) is 4.99 Å². The quantitative estimate of drug-likeness (QED) is 0.461. The number of fused-ring (bicyclic) bond motifs is 1. The van der Waals surface area contributed by atoms with E-state index in [1.807, 2.05) is 66.1 Å². The first kappa shape index (κ1) is 19.8. The highest BCUT2D eigenvalue weighted by Gasteiger charge is 2.23. The summed E-state index contributed by atoms with van der Waals surface area (Å²) < 4.78 is 8.01. The van der Waals surface area contributed by atoms with E-state index in [1.165, 1.54) is 17.4 Å². The number of aromatic nitrogens is 1. The molecule has 2 aromatic carbocycles. The van der Waals surface area contributed by atoms with E-state index < -0.39 is 6.04 Å². The third-order valence-corrected chi connectivity index (χ3v) is 5.25. The van der Waals surface area contributed by atoms with E-state index in [0.29, 0.717) is 17.8 Å². The van der Waals surface area contributed by atoms with Crippen LogP contribution in [0.5, 0.6) is 0 Å². The minimum Gasteiger partial charge on any atom is -0.464 e. The van der Waals surface area contributed by atoms with Gasteiger partial charge in [0.1, 0.15) is 6.04 Å². The highest BCUT2D eigenvalue weighted by atomic mass is 32.1. The number of esters is 1. The lowest BCUT2D eigenvalue weighted by Crippen LogP contribution is -2.28. The highest BCUT2D eigenvalue weighted by Crippen LogP contribution is 2.23. The van der Waals surface area contributed by atoms with Crippen molar-refractivity contribution in [2.24, 2.45) is 4.99 Å². The molecule has 0 spiro atoms. The van der Waals surface area contributed by atoms with Gasteiger partial charge in [0.15, 0.2) is 4.80 Å². The predicted molar refractivity (Wildman–Crippen MR) is 112 cm³/mol. The van der Waals surface area contributed by atoms with Gasteiger partial charge in [0.05, 0.1) is 16.8 Å². The van der Waals surface area contributed by atoms with Crippen molar-refractivity contribution in [1.82, 2.24) is 4.57 Å². The molecule has 3 aromatic rings. The topological polar surface area (TPSA) is 60.7 Å². The molecule has 3 rings (SSSR count). The fourth-order valence-corrected chi connectivity index (χ4v) is 4.00. The normalized spacial score (nSPS) is 13.1. The molecule has 0 aliphatic heterocycles. The van der Waals surface area contributed by atoms with Crippen molar-refractivity contribution in [2.45, 2.75) is 26.3 Å². The number of nitrogens with zero attached hydrogens (tertiary/aromatic N) is 2. The van der Waals surface area contributed by atoms with Crippen LogP contribution in [0.4, 0.5) is 0 Å². The van der Waals surface area contributed by atoms with Crippen molar-refractivity contribution in [3.05, 3.63) is 71.0 Å². The van der Waals surface area contributed by atoms with Crippen LogP contribution in [0, 0.1) is 0 Å². The molecule has 1 aromatic heterocycles. The summed E-state index contributed by atoms with van der Waals surface area (Å²) in [5.41, 5.74) is 1.79. The van der Waals surface area contributed by atoms with E-state index >= 15 is 0 Å². The van der Waals surface area contributed by atoms with Crippen molar-refractivity contribution >= 4 is 39.5 Å². The maximum atomic E-state index is 12.5. The lowest BCUT2D eigenvalue weighted by atomic mass is 10.2. The van der Waals surface area contributed by atoms with Gasteiger partial charge in [-0.2, -0.15) is 4.99 Å². The second kappa shape index (κ2) is 9.28. The van der Waals surface area contributed by atoms with Crippen LogP contribution in [0.3, 0.4) is 0 Å². The first-order valence-corrected chi connectivity index (χ1v) is 10.0. The van der Waals surface area contributed by atoms with Gasteiger partial charge in [0.2, 0.25) is 0 Å². The van der Waals surface area contributed by atoms with Gasteiger partial charge in [-0.15, -0.1) is 0 Å². The van der Waals surface area contributed by atoms with Crippen LogP contribution in [0.2, 0.25) is 0 Å². The third-order valence-electron chi connectivity index (χ3n) is 4.21. The molecule has 0 aliphatic rings. The Balaban J connectivity index is 2.04. The Bertz CT molecular complexity index is 1060. The number of hydrogen-bond acceptors (Lipinski definition) is 4. The maximum Gasteiger partial charge on any atom is 0.329 e. The Morgan fingerprint density at radius 2 is 1.82 bits per heavy atom. The van der Waals surface area contributed by atoms with Gasteiger partial charge >= 0.3 is 5.97 Å². The average Bonchev–Trinajstić information content (AvgIpc) is 3.06. The fraction of sp³-hybridized carbons (Fsp3) is 0.227. The summed E-state index contributed by atoms with van der Waals surface area (Å²) in [7, 11) is 0. The zero-order chi connectivity index (χ0) is 19.9. The van der Waals surface area contributed by atoms with Crippen molar-refractivity contribution in [2.75, 3.05) is 6.61 Å². The van der Waals surface area contributed by atoms with Crippen molar-refractivity contribution in [1.29, 1.82) is 0 Å². The third kappa shape index (κ3) is 4.46. The summed E-state index contributed by atoms with van der Waals surface area (Å²) in [6.07, 6.45) is 3.71. The number of thiazole rings is 1. The minimum absolute atomic E-state index is 0.309. The second-order valence-electron chi connectivity index (χ2n) is 6.09. The highest BCUT2D eigenvalue weighted by molar-refractivity contribution is 7.16. The number of ether oxygens (including phenoxy) is 1. The van der Waals surface area contributed by atoms with Gasteiger partial charge in [0.25, 0.3) is 5.91 Å². The second-order valence-corrected chi connectivity index (χ2v) is 7.10. The van der Waals surface area contributed by atoms with E-state index in [-0.39, 0.29) is 11.9 Å². The molecule has 28 heavy (non-hydrogen) atoms. The number of carbonyl (C=O) groups excluding carboxylic acids is 2. The molecule has 1 amide bonds. The van der Waals surface area contributed by atoms with Gasteiger partial charge in [-0.1, -0.05) is 60.7 Å². The van der Waals surface area contributed by atoms with Crippen LogP contribution in [0.1, 0.15) is 31.9 Å². The Hall–Kier alpha value is -2.99. The first-order valence-electron chi connectivity index (χ1n) is 9.22. The fourth-order valence-electron chi connectivity index (χ4n) is 2.93. The first-order chi connectivity index (χ1) is 13.6. The molecule has 1 unspecified atom stereocenters. The molecule has 0 bridgehead atoms. The summed E-state index contributed by atoms with van der Waals surface area (Å²) in [4.78, 5) is 29.7. The van der Waals surface area contributed by atoms with E-state index in [4.69, 9.17) is 4.74 Å². The number of para-hydroxylation sites is 1. The largest absolute Gasteiger partial charge is 0.464 e. The smallest absolute Gasteiger partial charge is 0.329 e. The molecule has 0 saturated carbocycles. The number of carbonyl (C=O) groups is 2. The van der Waals surface area contributed by atoms with Gasteiger partial charge in [-0.3, -0.25) is 4.79 Å². The molecule has 144 valence electrons. The minimum atomic E-state index is -0.527. The zero-order valence-electron chi connectivity index (χ0n) is 15.9. The molecule has 5 nitrogen and oxygen atoms in total. The SMILES string of the molecule is CCOC(=O)C(CC)n1c(=NC(=O)/C=C/c2ccccc2)sc2ccccc21. The summed E-state index contributed by atoms with van der Waals surface area (Å²) >= 11 is 1.39. The molecular weight excluding hydrogens is 372 g/mol. The molecule has 1 heterocycles. The average molecular weight is 394 g/mol. The maximum absolute atomic E-state index is 12.5. The summed E-state index contributed by atoms with van der Waals surface area (Å²) in [5.74, 6) is -0.690. The molecule has 0 fully saturated rings. The molecule has 1 atom stereocenters. The molecule has 0 saturated heterocycles. The van der Waals surface area contributed by atoms with Gasteiger partial charge in [0, 0.05) is 6.08 Å². The van der Waals surface area contributed by atoms with Crippen LogP contribution < -0.4 is 4.80 Å². The van der Waals surface area contributed by atoms with Crippen molar-refractivity contribution < 1.29 is 14.3 Å². The van der Waals surface area contributed by atoms with Crippen LogP contribution in [-0.4, -0.2) is 23.1 Å². The van der Waals surface area contributed by atoms with Crippen LogP contribution in [0.15, 0.2) is 65.7 Å². The molecule has 6 heteroatoms. The van der Waals surface area contributed by atoms with E-state index in [0.717, 1.165) is 15.8 Å². The zero-order valence-corrected chi connectivity index (χ0v) is 16.7. The summed E-state index contributed by atoms with van der Waals surface area (Å²) in [6.45, 7) is 4.01. The summed E-state index contributed by atoms with van der Waals surface area (Å²) in [5, 5.41) is 0. The molecule has 0 radical (unpaired) electrons. The Morgan fingerprint density at radius 3 is 2.54 bits per heavy atom. The predicted octanol–water partition coefficient (Wildman–Crippen LogP) is 4.36. The molecule has 0 N–H and O–H groups in total. The van der Waals surface area contributed by atoms with Crippen molar-refractivity contribution in [3.63, 3.8) is 0 Å². The Morgan fingerprint density at radius 1 is 1.11 bits per heavy atom. The lowest BCUT2D eigenvalue weighted by molar-refractivity contribution is -0.147. The number of amides is 1. The lowest BCUT2D eigenvalue weighted by Gasteiger charge is -2.16. The van der Waals surface area contributed by atoms with Crippen LogP contribution in [-0.2, 0) is 14.3 Å². The van der Waals surface area contributed by atoms with Crippen LogP contribution in [0.25, 0.3) is 16.3 Å². The Labute approximate surface area is 167 Å². The van der Waals surface area contributed by atoms with Gasteiger partial charge < -0.3 is 9.30 Å². The van der Waals surface area contributed by atoms with E-state index in [1.54, 1.807) is 13.0 Å². The number of benzene rings is 2. The monoisotopic (exact) mass is 394 g/mol. The van der Waals surface area contributed by atoms with Gasteiger partial charge in [-0.05, 0) is 37.1 Å². The number of rotatable bonds is 6. The van der Waals surface area contributed by atoms with Crippen molar-refractivity contribution in [3.8, 4) is 0 Å². The van der Waals surface area contributed by atoms with Gasteiger partial charge in [-0.25, -0.2) is 4.79 Å². The number of hydrogen-bond donors (Lipinski definition) is 0. The van der Waals surface area contributed by atoms with Crippen LogP contribution >= 0.6 is 11.3 Å². The molecular formula is C22H22N2O3S. The molecule has 0 aliphatic carbocycles. The Kier molecular flexibility index (Phi) is 6.55. The van der Waals surface area contributed by atoms with E-state index in [9.17, 15) is 9.59 Å².